The van der Waals surface area contributed by atoms with E-state index in [2.05, 4.69) is 21.2 Å². The molecule has 0 aliphatic heterocycles. The number of aryl methyl sites for hydroxylation is 1. The Morgan fingerprint density at radius 2 is 1.77 bits per heavy atom. The number of carbonyl (C=O) groups excluding carboxylic acids is 2. The number of nitrogens with one attached hydrogen (secondary N) is 1. The van der Waals surface area contributed by atoms with E-state index in [0.29, 0.717) is 12.1 Å². The van der Waals surface area contributed by atoms with Crippen molar-refractivity contribution in [2.24, 2.45) is 0 Å². The third-order valence-corrected chi connectivity index (χ3v) is 7.04. The van der Waals surface area contributed by atoms with E-state index in [9.17, 15) is 18.0 Å². The number of amides is 2. The maximum Gasteiger partial charge on any atom is 0.244 e. The van der Waals surface area contributed by atoms with Gasteiger partial charge in [0.1, 0.15) is 12.6 Å². The lowest BCUT2D eigenvalue weighted by Gasteiger charge is -2.31. The molecule has 7 nitrogen and oxygen atoms in total. The standard InChI is InChI=1S/C22H28BrN3O4S/c1-16-14-19(10-11-20(16)23)26(31(4,29)30)15-21(27)25(17(2)22(28)24-3)13-12-18-8-6-5-7-9-18/h5-11,14,17H,12-13,15H2,1-4H3,(H,24,28)/t17-/m0/s1. The molecule has 31 heavy (non-hydrogen) atoms. The van der Waals surface area contributed by atoms with E-state index >= 15 is 0 Å². The topological polar surface area (TPSA) is 86.8 Å². The predicted octanol–water partition coefficient (Wildman–Crippen LogP) is 2.73. The lowest BCUT2D eigenvalue weighted by Crippen LogP contribution is -2.51. The largest absolute Gasteiger partial charge is 0.357 e. The van der Waals surface area contributed by atoms with Crippen LogP contribution in [0.15, 0.2) is 53.0 Å². The van der Waals surface area contributed by atoms with Crippen LogP contribution in [0.25, 0.3) is 0 Å². The van der Waals surface area contributed by atoms with Crippen molar-refractivity contribution in [1.82, 2.24) is 10.2 Å². The summed E-state index contributed by atoms with van der Waals surface area (Å²) in [5.74, 6) is -0.759. The fourth-order valence-electron chi connectivity index (χ4n) is 3.18. The molecule has 0 unspecified atom stereocenters. The minimum Gasteiger partial charge on any atom is -0.357 e. The highest BCUT2D eigenvalue weighted by Crippen LogP contribution is 2.25. The van der Waals surface area contributed by atoms with Gasteiger partial charge in [0.05, 0.1) is 11.9 Å². The summed E-state index contributed by atoms with van der Waals surface area (Å²) >= 11 is 3.40. The molecule has 0 bridgehead atoms. The van der Waals surface area contributed by atoms with E-state index in [1.807, 2.05) is 37.3 Å². The van der Waals surface area contributed by atoms with Crippen LogP contribution in [0.3, 0.4) is 0 Å². The Balaban J connectivity index is 2.31. The monoisotopic (exact) mass is 509 g/mol. The SMILES string of the molecule is CNC(=O)[C@H](C)N(CCc1ccccc1)C(=O)CN(c1ccc(Br)c(C)c1)S(C)(=O)=O. The summed E-state index contributed by atoms with van der Waals surface area (Å²) in [4.78, 5) is 26.9. The van der Waals surface area contributed by atoms with E-state index in [-0.39, 0.29) is 12.5 Å². The Hall–Kier alpha value is -2.39. The molecule has 0 saturated carbocycles. The zero-order chi connectivity index (χ0) is 23.2. The van der Waals surface area contributed by atoms with Gasteiger partial charge >= 0.3 is 0 Å². The van der Waals surface area contributed by atoms with Crippen LogP contribution in [0.2, 0.25) is 0 Å². The Morgan fingerprint density at radius 3 is 2.32 bits per heavy atom. The van der Waals surface area contributed by atoms with E-state index in [0.717, 1.165) is 26.2 Å². The highest BCUT2D eigenvalue weighted by Gasteiger charge is 2.29. The minimum atomic E-state index is -3.72. The second-order valence-corrected chi connectivity index (χ2v) is 10.1. The molecule has 2 aromatic carbocycles. The van der Waals surface area contributed by atoms with Crippen molar-refractivity contribution in [1.29, 1.82) is 0 Å². The Bertz CT molecular complexity index is 1030. The lowest BCUT2D eigenvalue weighted by atomic mass is 10.1. The van der Waals surface area contributed by atoms with Crippen molar-refractivity contribution in [2.45, 2.75) is 26.3 Å². The van der Waals surface area contributed by atoms with Crippen LogP contribution in [0.1, 0.15) is 18.1 Å². The highest BCUT2D eigenvalue weighted by molar-refractivity contribution is 9.10. The van der Waals surface area contributed by atoms with Gasteiger partial charge in [0.15, 0.2) is 0 Å². The molecular formula is C22H28BrN3O4S. The molecule has 0 saturated heterocycles. The van der Waals surface area contributed by atoms with Crippen LogP contribution >= 0.6 is 15.9 Å². The Labute approximate surface area is 192 Å². The number of benzene rings is 2. The predicted molar refractivity (Wildman–Crippen MR) is 126 cm³/mol. The molecule has 9 heteroatoms. The van der Waals surface area contributed by atoms with Gasteiger partial charge in [-0.1, -0.05) is 46.3 Å². The van der Waals surface area contributed by atoms with Crippen LogP contribution in [-0.4, -0.2) is 57.6 Å². The maximum absolute atomic E-state index is 13.2. The van der Waals surface area contributed by atoms with Gasteiger partial charge in [0.2, 0.25) is 21.8 Å². The van der Waals surface area contributed by atoms with Crippen molar-refractivity contribution >= 4 is 43.5 Å². The average molecular weight is 510 g/mol. The Morgan fingerprint density at radius 1 is 1.13 bits per heavy atom. The van der Waals surface area contributed by atoms with Gasteiger partial charge in [0, 0.05) is 18.1 Å². The molecule has 1 N–H and O–H groups in total. The highest BCUT2D eigenvalue weighted by atomic mass is 79.9. The summed E-state index contributed by atoms with van der Waals surface area (Å²) in [5, 5.41) is 2.56. The zero-order valence-electron chi connectivity index (χ0n) is 18.1. The van der Waals surface area contributed by atoms with Crippen molar-refractivity contribution in [3.05, 3.63) is 64.1 Å². The number of hydrogen-bond donors (Lipinski definition) is 1. The van der Waals surface area contributed by atoms with Crippen LogP contribution in [-0.2, 0) is 26.0 Å². The lowest BCUT2D eigenvalue weighted by molar-refractivity contribution is -0.138. The average Bonchev–Trinajstić information content (AvgIpc) is 2.73. The van der Waals surface area contributed by atoms with Gasteiger partial charge in [0.25, 0.3) is 0 Å². The molecule has 2 rings (SSSR count). The molecular weight excluding hydrogens is 482 g/mol. The van der Waals surface area contributed by atoms with Crippen molar-refractivity contribution in [2.75, 3.05) is 30.7 Å². The molecule has 0 heterocycles. The quantitative estimate of drug-likeness (QED) is 0.562. The second kappa shape index (κ2) is 10.8. The number of nitrogens with zero attached hydrogens (tertiary/aromatic N) is 2. The minimum absolute atomic E-state index is 0.286. The molecule has 2 aromatic rings. The Kier molecular flexibility index (Phi) is 8.64. The fourth-order valence-corrected chi connectivity index (χ4v) is 4.26. The number of likely N-dealkylation sites (N-methyl/N-ethyl adjacent to an activating group) is 1. The molecule has 1 atom stereocenters. The van der Waals surface area contributed by atoms with Gasteiger partial charge in [-0.3, -0.25) is 13.9 Å². The molecule has 0 aliphatic rings. The van der Waals surface area contributed by atoms with Gasteiger partial charge < -0.3 is 10.2 Å². The van der Waals surface area contributed by atoms with Crippen LogP contribution in [0.5, 0.6) is 0 Å². The normalized spacial score (nSPS) is 12.2. The summed E-state index contributed by atoms with van der Waals surface area (Å²) in [6, 6.07) is 14.0. The summed E-state index contributed by atoms with van der Waals surface area (Å²) in [7, 11) is -2.22. The van der Waals surface area contributed by atoms with E-state index in [1.54, 1.807) is 25.1 Å². The number of hydrogen-bond acceptors (Lipinski definition) is 4. The first-order chi connectivity index (χ1) is 14.5. The third-order valence-electron chi connectivity index (χ3n) is 5.01. The van der Waals surface area contributed by atoms with Crippen LogP contribution in [0.4, 0.5) is 5.69 Å². The van der Waals surface area contributed by atoms with Gasteiger partial charge in [-0.25, -0.2) is 8.42 Å². The van der Waals surface area contributed by atoms with E-state index in [4.69, 9.17) is 0 Å². The molecule has 2 amide bonds. The number of rotatable bonds is 9. The summed E-state index contributed by atoms with van der Waals surface area (Å²) in [6.07, 6.45) is 1.61. The van der Waals surface area contributed by atoms with Crippen LogP contribution < -0.4 is 9.62 Å². The third kappa shape index (κ3) is 6.80. The van der Waals surface area contributed by atoms with Crippen molar-refractivity contribution < 1.29 is 18.0 Å². The van der Waals surface area contributed by atoms with E-state index < -0.39 is 28.5 Å². The molecule has 0 radical (unpaired) electrons. The second-order valence-electron chi connectivity index (χ2n) is 7.32. The smallest absolute Gasteiger partial charge is 0.244 e. The van der Waals surface area contributed by atoms with Crippen LogP contribution in [0, 0.1) is 6.92 Å². The summed E-state index contributed by atoms with van der Waals surface area (Å²) in [6.45, 7) is 3.37. The summed E-state index contributed by atoms with van der Waals surface area (Å²) in [5.41, 5.74) is 2.26. The van der Waals surface area contributed by atoms with Gasteiger partial charge in [-0.15, -0.1) is 0 Å². The molecule has 168 valence electrons. The number of sulfonamides is 1. The molecule has 0 spiro atoms. The molecule has 0 aromatic heterocycles. The van der Waals surface area contributed by atoms with Gasteiger partial charge in [-0.2, -0.15) is 0 Å². The first kappa shape index (κ1) is 24.9. The molecule has 0 fully saturated rings. The molecule has 0 aliphatic carbocycles. The summed E-state index contributed by atoms with van der Waals surface area (Å²) < 4.78 is 26.9. The number of carbonyl (C=O) groups is 2. The zero-order valence-corrected chi connectivity index (χ0v) is 20.5. The van der Waals surface area contributed by atoms with E-state index in [1.165, 1.54) is 11.9 Å². The van der Waals surface area contributed by atoms with Crippen molar-refractivity contribution in [3.63, 3.8) is 0 Å². The fraction of sp³-hybridized carbons (Fsp3) is 0.364. The first-order valence-electron chi connectivity index (χ1n) is 9.83. The number of anilines is 1. The van der Waals surface area contributed by atoms with Crippen molar-refractivity contribution in [3.8, 4) is 0 Å². The first-order valence-corrected chi connectivity index (χ1v) is 12.5. The maximum atomic E-state index is 13.2. The van der Waals surface area contributed by atoms with Gasteiger partial charge in [-0.05, 0) is 49.6 Å². The number of halogens is 1.